The maximum atomic E-state index is 13.1. The monoisotopic (exact) mass is 436 g/mol. The van der Waals surface area contributed by atoms with Gasteiger partial charge in [0.1, 0.15) is 0 Å². The Morgan fingerprint density at radius 3 is 2.53 bits per heavy atom. The van der Waals surface area contributed by atoms with Crippen molar-refractivity contribution < 1.29 is 14.3 Å². The van der Waals surface area contributed by atoms with E-state index in [1.807, 2.05) is 6.92 Å². The number of amides is 1. The number of carbonyl (C=O) groups is 2. The molecule has 0 spiro atoms. The number of aromatic nitrogens is 3. The van der Waals surface area contributed by atoms with Gasteiger partial charge in [-0.3, -0.25) is 19.1 Å². The predicted octanol–water partition coefficient (Wildman–Crippen LogP) is 2.80. The van der Waals surface area contributed by atoms with Gasteiger partial charge in [0, 0.05) is 23.8 Å². The molecule has 1 aromatic carbocycles. The quantitative estimate of drug-likeness (QED) is 0.549. The van der Waals surface area contributed by atoms with E-state index in [1.54, 1.807) is 37.3 Å². The van der Waals surface area contributed by atoms with Crippen LogP contribution in [0.2, 0.25) is 0 Å². The third kappa shape index (κ3) is 4.18. The molecule has 9 nitrogen and oxygen atoms in total. The number of fused-ring (bicyclic) bond motifs is 1. The number of carbonyl (C=O) groups excluding carboxylic acids is 2. The van der Waals surface area contributed by atoms with Crippen molar-refractivity contribution in [3.8, 4) is 0 Å². The lowest BCUT2D eigenvalue weighted by molar-refractivity contribution is 0.0505. The van der Waals surface area contributed by atoms with E-state index in [1.165, 1.54) is 4.57 Å². The van der Waals surface area contributed by atoms with E-state index in [9.17, 15) is 19.2 Å². The number of H-pyrrole nitrogens is 1. The highest BCUT2D eigenvalue weighted by Crippen LogP contribution is 2.40. The maximum absolute atomic E-state index is 13.1. The molecule has 1 aliphatic rings. The van der Waals surface area contributed by atoms with Crippen LogP contribution in [-0.2, 0) is 11.3 Å². The van der Waals surface area contributed by atoms with Gasteiger partial charge in [0.15, 0.2) is 5.65 Å². The highest BCUT2D eigenvalue weighted by Gasteiger charge is 2.28. The van der Waals surface area contributed by atoms with Crippen molar-refractivity contribution in [2.75, 3.05) is 11.9 Å². The zero-order chi connectivity index (χ0) is 22.8. The number of hydrogen-bond donors (Lipinski definition) is 2. The molecule has 3 aromatic rings. The SMILES string of the molecule is CCCOC(=O)c1ccc(NC(=O)c2cc(C3CC3)nc3c2c(=O)[nH]c(=O)n3CC)cc1. The number of nitrogens with one attached hydrogen (secondary N) is 2. The Balaban J connectivity index is 1.70. The van der Waals surface area contributed by atoms with Crippen LogP contribution in [0.3, 0.4) is 0 Å². The van der Waals surface area contributed by atoms with Gasteiger partial charge in [0.2, 0.25) is 0 Å². The molecule has 2 aromatic heterocycles. The average molecular weight is 436 g/mol. The molecule has 166 valence electrons. The number of rotatable bonds is 7. The van der Waals surface area contributed by atoms with Crippen LogP contribution in [-0.4, -0.2) is 33.0 Å². The van der Waals surface area contributed by atoms with E-state index in [2.05, 4.69) is 15.3 Å². The number of ether oxygens (including phenoxy) is 1. The van der Waals surface area contributed by atoms with Crippen LogP contribution in [0.5, 0.6) is 0 Å². The van der Waals surface area contributed by atoms with Gasteiger partial charge in [0.25, 0.3) is 11.5 Å². The summed E-state index contributed by atoms with van der Waals surface area (Å²) >= 11 is 0. The molecule has 0 bridgehead atoms. The fourth-order valence-electron chi connectivity index (χ4n) is 3.52. The molecule has 1 fully saturated rings. The van der Waals surface area contributed by atoms with Gasteiger partial charge >= 0.3 is 11.7 Å². The number of esters is 1. The maximum Gasteiger partial charge on any atom is 0.338 e. The molecule has 0 aliphatic heterocycles. The summed E-state index contributed by atoms with van der Waals surface area (Å²) in [6.45, 7) is 4.34. The summed E-state index contributed by atoms with van der Waals surface area (Å²) in [5, 5.41) is 2.84. The number of hydrogen-bond acceptors (Lipinski definition) is 6. The Kier molecular flexibility index (Phi) is 5.89. The lowest BCUT2D eigenvalue weighted by Crippen LogP contribution is -2.32. The van der Waals surface area contributed by atoms with E-state index in [0.29, 0.717) is 30.1 Å². The Morgan fingerprint density at radius 1 is 1.19 bits per heavy atom. The molecule has 0 radical (unpaired) electrons. The summed E-state index contributed by atoms with van der Waals surface area (Å²) in [5.74, 6) is -0.700. The van der Waals surface area contributed by atoms with Gasteiger partial charge < -0.3 is 10.1 Å². The number of pyridine rings is 1. The molecule has 9 heteroatoms. The van der Waals surface area contributed by atoms with Crippen LogP contribution in [0.15, 0.2) is 39.9 Å². The molecule has 0 atom stereocenters. The number of anilines is 1. The van der Waals surface area contributed by atoms with Gasteiger partial charge in [-0.1, -0.05) is 6.92 Å². The van der Waals surface area contributed by atoms with E-state index in [-0.39, 0.29) is 22.5 Å². The van der Waals surface area contributed by atoms with Crippen molar-refractivity contribution in [3.05, 3.63) is 68.0 Å². The minimum atomic E-state index is -0.649. The van der Waals surface area contributed by atoms with Gasteiger partial charge in [-0.25, -0.2) is 14.6 Å². The van der Waals surface area contributed by atoms with E-state index in [4.69, 9.17) is 4.74 Å². The van der Waals surface area contributed by atoms with Gasteiger partial charge in [-0.05, 0) is 56.5 Å². The number of nitrogens with zero attached hydrogens (tertiary/aromatic N) is 2. The zero-order valence-corrected chi connectivity index (χ0v) is 17.9. The molecule has 4 rings (SSSR count). The minimum absolute atomic E-state index is 0.0770. The van der Waals surface area contributed by atoms with E-state index < -0.39 is 23.1 Å². The molecule has 1 saturated carbocycles. The first kappa shape index (κ1) is 21.5. The molecule has 0 saturated heterocycles. The lowest BCUT2D eigenvalue weighted by atomic mass is 10.1. The molecule has 0 unspecified atom stereocenters. The Bertz CT molecular complexity index is 1300. The van der Waals surface area contributed by atoms with Crippen molar-refractivity contribution in [1.82, 2.24) is 14.5 Å². The van der Waals surface area contributed by atoms with E-state index >= 15 is 0 Å². The first-order valence-corrected chi connectivity index (χ1v) is 10.7. The molecule has 32 heavy (non-hydrogen) atoms. The van der Waals surface area contributed by atoms with E-state index in [0.717, 1.165) is 19.3 Å². The van der Waals surface area contributed by atoms with Crippen LogP contribution in [0, 0.1) is 0 Å². The first-order chi connectivity index (χ1) is 15.4. The smallest absolute Gasteiger partial charge is 0.338 e. The van der Waals surface area contributed by atoms with Crippen molar-refractivity contribution in [2.24, 2.45) is 0 Å². The van der Waals surface area contributed by atoms with Crippen LogP contribution < -0.4 is 16.6 Å². The topological polar surface area (TPSA) is 123 Å². The van der Waals surface area contributed by atoms with Crippen LogP contribution in [0.25, 0.3) is 11.0 Å². The van der Waals surface area contributed by atoms with Crippen LogP contribution in [0.1, 0.15) is 65.4 Å². The Labute approximate surface area is 183 Å². The second-order valence-corrected chi connectivity index (χ2v) is 7.74. The summed E-state index contributed by atoms with van der Waals surface area (Å²) in [6, 6.07) is 7.95. The summed E-state index contributed by atoms with van der Waals surface area (Å²) in [4.78, 5) is 56.8. The predicted molar refractivity (Wildman–Crippen MR) is 119 cm³/mol. The molecule has 1 amide bonds. The standard InChI is InChI=1S/C23H24N4O5/c1-3-11-32-22(30)14-7-9-15(10-8-14)24-20(28)16-12-17(13-5-6-13)25-19-18(16)21(29)26-23(31)27(19)4-2/h7-10,12-13H,3-6,11H2,1-2H3,(H,24,28)(H,26,29,31). The van der Waals surface area contributed by atoms with Crippen molar-refractivity contribution in [1.29, 1.82) is 0 Å². The Hall–Kier alpha value is -3.75. The second kappa shape index (κ2) is 8.78. The van der Waals surface area contributed by atoms with Crippen molar-refractivity contribution in [2.45, 2.75) is 45.6 Å². The third-order valence-corrected chi connectivity index (χ3v) is 5.34. The van der Waals surface area contributed by atoms with Crippen LogP contribution >= 0.6 is 0 Å². The summed E-state index contributed by atoms with van der Waals surface area (Å²) in [7, 11) is 0. The van der Waals surface area contributed by atoms with Crippen molar-refractivity contribution >= 4 is 28.6 Å². The van der Waals surface area contributed by atoms with Gasteiger partial charge in [-0.15, -0.1) is 0 Å². The number of aromatic amines is 1. The highest BCUT2D eigenvalue weighted by atomic mass is 16.5. The fourth-order valence-corrected chi connectivity index (χ4v) is 3.52. The largest absolute Gasteiger partial charge is 0.462 e. The van der Waals surface area contributed by atoms with Gasteiger partial charge in [0.05, 0.1) is 23.1 Å². The average Bonchev–Trinajstić information content (AvgIpc) is 3.63. The van der Waals surface area contributed by atoms with Gasteiger partial charge in [-0.2, -0.15) is 0 Å². The summed E-state index contributed by atoms with van der Waals surface area (Å²) in [6.07, 6.45) is 2.64. The molecule has 2 N–H and O–H groups in total. The fraction of sp³-hybridized carbons (Fsp3) is 0.348. The normalized spacial score (nSPS) is 13.2. The first-order valence-electron chi connectivity index (χ1n) is 10.7. The highest BCUT2D eigenvalue weighted by molar-refractivity contribution is 6.12. The Morgan fingerprint density at radius 2 is 1.91 bits per heavy atom. The number of aryl methyl sites for hydroxylation is 1. The lowest BCUT2D eigenvalue weighted by Gasteiger charge is -2.13. The zero-order valence-electron chi connectivity index (χ0n) is 17.9. The van der Waals surface area contributed by atoms with Crippen molar-refractivity contribution in [3.63, 3.8) is 0 Å². The number of benzene rings is 1. The minimum Gasteiger partial charge on any atom is -0.462 e. The third-order valence-electron chi connectivity index (χ3n) is 5.34. The second-order valence-electron chi connectivity index (χ2n) is 7.74. The molecular weight excluding hydrogens is 412 g/mol. The summed E-state index contributed by atoms with van der Waals surface area (Å²) in [5.41, 5.74) is 0.706. The molecule has 2 heterocycles. The summed E-state index contributed by atoms with van der Waals surface area (Å²) < 4.78 is 6.46. The molecular formula is C23H24N4O5. The van der Waals surface area contributed by atoms with Crippen LogP contribution in [0.4, 0.5) is 5.69 Å². The molecule has 1 aliphatic carbocycles.